The molecule has 1 aromatic carbocycles. The molecule has 0 saturated heterocycles. The highest BCUT2D eigenvalue weighted by atomic mass is 16.5. The Balaban J connectivity index is 2.28. The first-order chi connectivity index (χ1) is 6.75. The van der Waals surface area contributed by atoms with Crippen LogP contribution < -0.4 is 4.74 Å². The topological polar surface area (TPSA) is 35.3 Å². The second kappa shape index (κ2) is 3.54. The fourth-order valence-electron chi connectivity index (χ4n) is 1.15. The van der Waals surface area contributed by atoms with Crippen molar-refractivity contribution in [3.8, 4) is 11.6 Å². The highest BCUT2D eigenvalue weighted by Gasteiger charge is 2.03. The highest BCUT2D eigenvalue weighted by Crippen LogP contribution is 2.24. The van der Waals surface area contributed by atoms with Crippen LogP contribution in [0.2, 0.25) is 0 Å². The number of nitrogens with zero attached hydrogens (tertiary/aromatic N) is 1. The largest absolute Gasteiger partial charge is 0.437 e. The molecule has 0 aliphatic rings. The van der Waals surface area contributed by atoms with E-state index in [1.165, 1.54) is 6.26 Å². The summed E-state index contributed by atoms with van der Waals surface area (Å²) in [7, 11) is 0. The van der Waals surface area contributed by atoms with Gasteiger partial charge in [0.2, 0.25) is 0 Å². The molecule has 0 unspecified atom stereocenters. The molecular formula is C11H10NO2. The molecule has 71 valence electrons. The summed E-state index contributed by atoms with van der Waals surface area (Å²) in [6.07, 6.45) is 3.75. The van der Waals surface area contributed by atoms with Crippen LogP contribution >= 0.6 is 0 Å². The molecule has 1 radical (unpaired) electrons. The van der Waals surface area contributed by atoms with Gasteiger partial charge < -0.3 is 9.15 Å². The van der Waals surface area contributed by atoms with Gasteiger partial charge >= 0.3 is 0 Å². The zero-order valence-electron chi connectivity index (χ0n) is 8.07. The van der Waals surface area contributed by atoms with Crippen molar-refractivity contribution in [2.24, 2.45) is 0 Å². The van der Waals surface area contributed by atoms with Gasteiger partial charge in [-0.2, -0.15) is 4.98 Å². The molecule has 0 fully saturated rings. The Morgan fingerprint density at radius 2 is 2.21 bits per heavy atom. The van der Waals surface area contributed by atoms with Crippen LogP contribution in [0.25, 0.3) is 0 Å². The Labute approximate surface area is 82.3 Å². The van der Waals surface area contributed by atoms with E-state index in [4.69, 9.17) is 9.15 Å². The second-order valence-electron chi connectivity index (χ2n) is 3.15. The number of oxazole rings is 1. The third-order valence-electron chi connectivity index (χ3n) is 1.93. The molecular weight excluding hydrogens is 178 g/mol. The number of benzene rings is 1. The predicted molar refractivity (Wildman–Crippen MR) is 51.3 cm³/mol. The normalized spacial score (nSPS) is 10.1. The van der Waals surface area contributed by atoms with Gasteiger partial charge in [0.05, 0.1) is 0 Å². The molecule has 0 aliphatic carbocycles. The molecule has 3 nitrogen and oxygen atoms in total. The lowest BCUT2D eigenvalue weighted by molar-refractivity contribution is 0.453. The number of aromatic nitrogens is 1. The summed E-state index contributed by atoms with van der Waals surface area (Å²) in [6.45, 7) is 4.00. The molecule has 1 heterocycles. The van der Waals surface area contributed by atoms with Crippen LogP contribution in [0, 0.1) is 20.2 Å². The van der Waals surface area contributed by atoms with Crippen molar-refractivity contribution in [2.75, 3.05) is 0 Å². The van der Waals surface area contributed by atoms with Crippen molar-refractivity contribution < 1.29 is 9.15 Å². The zero-order chi connectivity index (χ0) is 9.97. The Morgan fingerprint density at radius 3 is 2.93 bits per heavy atom. The lowest BCUT2D eigenvalue weighted by atomic mass is 10.1. The van der Waals surface area contributed by atoms with Gasteiger partial charge in [-0.3, -0.25) is 0 Å². The molecule has 14 heavy (non-hydrogen) atoms. The van der Waals surface area contributed by atoms with E-state index in [9.17, 15) is 0 Å². The summed E-state index contributed by atoms with van der Waals surface area (Å²) in [6, 6.07) is 6.01. The summed E-state index contributed by atoms with van der Waals surface area (Å²) >= 11 is 0. The molecule has 2 aromatic rings. The number of hydrogen-bond acceptors (Lipinski definition) is 3. The monoisotopic (exact) mass is 188 g/mol. The van der Waals surface area contributed by atoms with Crippen molar-refractivity contribution in [2.45, 2.75) is 13.8 Å². The first-order valence-electron chi connectivity index (χ1n) is 4.32. The molecule has 0 bridgehead atoms. The molecule has 1 aromatic heterocycles. The Bertz CT molecular complexity index is 421. The summed E-state index contributed by atoms with van der Waals surface area (Å²) in [5.41, 5.74) is 2.22. The molecule has 0 amide bonds. The minimum Gasteiger partial charge on any atom is -0.437 e. The van der Waals surface area contributed by atoms with Gasteiger partial charge in [0.15, 0.2) is 6.26 Å². The van der Waals surface area contributed by atoms with Crippen LogP contribution in [0.4, 0.5) is 0 Å². The maximum atomic E-state index is 5.49. The first kappa shape index (κ1) is 8.81. The van der Waals surface area contributed by atoms with Crippen molar-refractivity contribution in [3.05, 3.63) is 42.0 Å². The number of hydrogen-bond donors (Lipinski definition) is 0. The van der Waals surface area contributed by atoms with Crippen LogP contribution in [0.3, 0.4) is 0 Å². The lowest BCUT2D eigenvalue weighted by Gasteiger charge is -2.05. The van der Waals surface area contributed by atoms with E-state index in [0.717, 1.165) is 16.9 Å². The van der Waals surface area contributed by atoms with Gasteiger partial charge in [0.1, 0.15) is 5.75 Å². The van der Waals surface area contributed by atoms with Crippen LogP contribution in [0.1, 0.15) is 11.1 Å². The average molecular weight is 188 g/mol. The predicted octanol–water partition coefficient (Wildman–Crippen LogP) is 2.88. The molecule has 0 saturated carbocycles. The summed E-state index contributed by atoms with van der Waals surface area (Å²) in [5, 5.41) is 0. The molecule has 0 atom stereocenters. The summed E-state index contributed by atoms with van der Waals surface area (Å²) in [5.74, 6) is 1.23. The van der Waals surface area contributed by atoms with Crippen molar-refractivity contribution in [1.82, 2.24) is 4.98 Å². The molecule has 0 aliphatic heterocycles. The smallest absolute Gasteiger partial charge is 0.287 e. The maximum absolute atomic E-state index is 5.49. The van der Waals surface area contributed by atoms with Crippen LogP contribution in [-0.2, 0) is 0 Å². The summed E-state index contributed by atoms with van der Waals surface area (Å²) < 4.78 is 10.2. The zero-order valence-corrected chi connectivity index (χ0v) is 8.07. The highest BCUT2D eigenvalue weighted by molar-refractivity contribution is 5.37. The van der Waals surface area contributed by atoms with Crippen LogP contribution in [0.15, 0.2) is 28.9 Å². The van der Waals surface area contributed by atoms with E-state index in [0.29, 0.717) is 5.88 Å². The minimum absolute atomic E-state index is 0.429. The van der Waals surface area contributed by atoms with Gasteiger partial charge in [-0.25, -0.2) is 0 Å². The minimum atomic E-state index is 0.429. The van der Waals surface area contributed by atoms with Crippen LogP contribution in [0.5, 0.6) is 11.6 Å². The third kappa shape index (κ3) is 1.76. The standard InChI is InChI=1S/C11H10NO2/c1-8-3-4-9(2)10(5-8)14-11-6-13-7-12-11/h3-6H,1-2H3. The fourth-order valence-corrected chi connectivity index (χ4v) is 1.15. The van der Waals surface area contributed by atoms with Gasteiger partial charge in [-0.15, -0.1) is 0 Å². The van der Waals surface area contributed by atoms with Gasteiger partial charge in [-0.05, 0) is 31.0 Å². The number of rotatable bonds is 2. The van der Waals surface area contributed by atoms with E-state index in [1.54, 1.807) is 0 Å². The Morgan fingerprint density at radius 1 is 1.36 bits per heavy atom. The summed E-state index contributed by atoms with van der Waals surface area (Å²) in [4.78, 5) is 3.77. The number of aryl methyl sites for hydroxylation is 2. The van der Waals surface area contributed by atoms with Gasteiger partial charge in [0, 0.05) is 0 Å². The van der Waals surface area contributed by atoms with Crippen molar-refractivity contribution in [1.29, 1.82) is 0 Å². The van der Waals surface area contributed by atoms with E-state index in [1.807, 2.05) is 32.0 Å². The van der Waals surface area contributed by atoms with E-state index in [-0.39, 0.29) is 0 Å². The third-order valence-corrected chi connectivity index (χ3v) is 1.93. The average Bonchev–Trinajstić information content (AvgIpc) is 2.64. The van der Waals surface area contributed by atoms with Crippen molar-refractivity contribution in [3.63, 3.8) is 0 Å². The SMILES string of the molecule is Cc1ccc(C)c(Oc2co[c]n2)c1. The molecule has 0 N–H and O–H groups in total. The van der Waals surface area contributed by atoms with Gasteiger partial charge in [-0.1, -0.05) is 12.1 Å². The van der Waals surface area contributed by atoms with Gasteiger partial charge in [0.25, 0.3) is 12.3 Å². The second-order valence-corrected chi connectivity index (χ2v) is 3.15. The van der Waals surface area contributed by atoms with E-state index >= 15 is 0 Å². The Kier molecular flexibility index (Phi) is 2.23. The quantitative estimate of drug-likeness (QED) is 0.726. The van der Waals surface area contributed by atoms with Crippen LogP contribution in [-0.4, -0.2) is 4.98 Å². The fraction of sp³-hybridized carbons (Fsp3) is 0.182. The molecule has 2 rings (SSSR count). The number of ether oxygens (including phenoxy) is 1. The Hall–Kier alpha value is -1.77. The molecule has 0 spiro atoms. The maximum Gasteiger partial charge on any atom is 0.287 e. The lowest BCUT2D eigenvalue weighted by Crippen LogP contribution is -1.88. The van der Waals surface area contributed by atoms with E-state index < -0.39 is 0 Å². The van der Waals surface area contributed by atoms with E-state index in [2.05, 4.69) is 11.4 Å². The first-order valence-corrected chi connectivity index (χ1v) is 4.32. The molecule has 3 heteroatoms. The van der Waals surface area contributed by atoms with Crippen molar-refractivity contribution >= 4 is 0 Å².